The Morgan fingerprint density at radius 3 is 2.29 bits per heavy atom. The topological polar surface area (TPSA) is 0 Å². The number of rotatable bonds is 0. The molecule has 0 spiro atoms. The van der Waals surface area contributed by atoms with Crippen LogP contribution >= 0.6 is 0 Å². The van der Waals surface area contributed by atoms with E-state index in [9.17, 15) is 0 Å². The predicted molar refractivity (Wildman–Crippen MR) is 32.1 cm³/mol. The van der Waals surface area contributed by atoms with Crippen molar-refractivity contribution >= 4 is 0 Å². The zero-order valence-corrected chi connectivity index (χ0v) is 5.02. The third-order valence-corrected chi connectivity index (χ3v) is 1.85. The van der Waals surface area contributed by atoms with Crippen LogP contribution in [-0.2, 0) is 0 Å². The van der Waals surface area contributed by atoms with Gasteiger partial charge in [0.25, 0.3) is 0 Å². The SMILES string of the molecule is CC1CC=C[C@@H]1C. The Bertz CT molecular complexity index is 82.0. The quantitative estimate of drug-likeness (QED) is 0.406. The molecular formula is C7H12. The molecule has 0 aliphatic heterocycles. The number of allylic oxidation sites excluding steroid dienone is 2. The first-order valence-electron chi connectivity index (χ1n) is 2.97. The summed E-state index contributed by atoms with van der Waals surface area (Å²) in [4.78, 5) is 0. The van der Waals surface area contributed by atoms with Crippen LogP contribution in [0.15, 0.2) is 12.2 Å². The molecule has 0 radical (unpaired) electrons. The van der Waals surface area contributed by atoms with Crippen molar-refractivity contribution in [1.82, 2.24) is 0 Å². The van der Waals surface area contributed by atoms with Gasteiger partial charge >= 0.3 is 0 Å². The molecule has 0 saturated carbocycles. The normalized spacial score (nSPS) is 39.7. The van der Waals surface area contributed by atoms with E-state index in [2.05, 4.69) is 26.0 Å². The molecule has 40 valence electrons. The fourth-order valence-electron chi connectivity index (χ4n) is 0.912. The van der Waals surface area contributed by atoms with Crippen molar-refractivity contribution in [3.8, 4) is 0 Å². The van der Waals surface area contributed by atoms with E-state index in [1.807, 2.05) is 0 Å². The maximum Gasteiger partial charge on any atom is -0.0233 e. The zero-order chi connectivity index (χ0) is 5.28. The molecule has 0 aromatic carbocycles. The van der Waals surface area contributed by atoms with Gasteiger partial charge in [0.15, 0.2) is 0 Å². The predicted octanol–water partition coefficient (Wildman–Crippen LogP) is 2.22. The van der Waals surface area contributed by atoms with Crippen molar-refractivity contribution < 1.29 is 0 Å². The summed E-state index contributed by atoms with van der Waals surface area (Å²) >= 11 is 0. The Balaban J connectivity index is 2.45. The van der Waals surface area contributed by atoms with Crippen LogP contribution < -0.4 is 0 Å². The monoisotopic (exact) mass is 96.1 g/mol. The molecule has 0 N–H and O–H groups in total. The highest BCUT2D eigenvalue weighted by Crippen LogP contribution is 2.22. The lowest BCUT2D eigenvalue weighted by atomic mass is 10.0. The second-order valence-corrected chi connectivity index (χ2v) is 2.50. The van der Waals surface area contributed by atoms with E-state index < -0.39 is 0 Å². The summed E-state index contributed by atoms with van der Waals surface area (Å²) in [5.41, 5.74) is 0. The van der Waals surface area contributed by atoms with Gasteiger partial charge in [0.1, 0.15) is 0 Å². The number of hydrogen-bond acceptors (Lipinski definition) is 0. The Labute approximate surface area is 45.2 Å². The van der Waals surface area contributed by atoms with E-state index >= 15 is 0 Å². The molecule has 0 fully saturated rings. The second kappa shape index (κ2) is 1.69. The van der Waals surface area contributed by atoms with Crippen molar-refractivity contribution in [2.24, 2.45) is 11.8 Å². The summed E-state index contributed by atoms with van der Waals surface area (Å²) in [5.74, 6) is 1.74. The molecule has 0 aromatic heterocycles. The molecule has 1 rings (SSSR count). The zero-order valence-electron chi connectivity index (χ0n) is 5.02. The molecule has 0 nitrogen and oxygen atoms in total. The second-order valence-electron chi connectivity index (χ2n) is 2.50. The van der Waals surface area contributed by atoms with E-state index in [1.165, 1.54) is 6.42 Å². The fraction of sp³-hybridized carbons (Fsp3) is 0.714. The summed E-state index contributed by atoms with van der Waals surface area (Å²) < 4.78 is 0. The van der Waals surface area contributed by atoms with Gasteiger partial charge in [0.2, 0.25) is 0 Å². The van der Waals surface area contributed by atoms with Crippen molar-refractivity contribution in [3.63, 3.8) is 0 Å². The molecule has 0 aromatic rings. The lowest BCUT2D eigenvalue weighted by molar-refractivity contribution is 0.498. The van der Waals surface area contributed by atoms with Crippen LogP contribution in [0.5, 0.6) is 0 Å². The Kier molecular flexibility index (Phi) is 1.18. The van der Waals surface area contributed by atoms with Gasteiger partial charge in [-0.15, -0.1) is 0 Å². The van der Waals surface area contributed by atoms with Crippen molar-refractivity contribution in [3.05, 3.63) is 12.2 Å². The first-order valence-corrected chi connectivity index (χ1v) is 2.97. The maximum absolute atomic E-state index is 2.30. The van der Waals surface area contributed by atoms with Crippen molar-refractivity contribution in [2.45, 2.75) is 20.3 Å². The first-order chi connectivity index (χ1) is 3.30. The van der Waals surface area contributed by atoms with E-state index in [-0.39, 0.29) is 0 Å². The minimum atomic E-state index is 0.833. The van der Waals surface area contributed by atoms with Gasteiger partial charge in [0.05, 0.1) is 0 Å². The highest BCUT2D eigenvalue weighted by atomic mass is 14.2. The molecule has 1 aliphatic carbocycles. The third-order valence-electron chi connectivity index (χ3n) is 1.85. The lowest BCUT2D eigenvalue weighted by Gasteiger charge is -2.04. The summed E-state index contributed by atoms with van der Waals surface area (Å²) in [7, 11) is 0. The van der Waals surface area contributed by atoms with Gasteiger partial charge in [-0.3, -0.25) is 0 Å². The molecule has 0 heterocycles. The van der Waals surface area contributed by atoms with Crippen molar-refractivity contribution in [1.29, 1.82) is 0 Å². The molecule has 0 amide bonds. The van der Waals surface area contributed by atoms with Crippen LogP contribution in [0.3, 0.4) is 0 Å². The van der Waals surface area contributed by atoms with Crippen LogP contribution in [0.25, 0.3) is 0 Å². The van der Waals surface area contributed by atoms with Gasteiger partial charge in [0, 0.05) is 0 Å². The third kappa shape index (κ3) is 0.846. The highest BCUT2D eigenvalue weighted by molar-refractivity contribution is 4.97. The highest BCUT2D eigenvalue weighted by Gasteiger charge is 2.11. The van der Waals surface area contributed by atoms with Gasteiger partial charge in [-0.05, 0) is 18.3 Å². The molecule has 7 heavy (non-hydrogen) atoms. The van der Waals surface area contributed by atoms with Gasteiger partial charge < -0.3 is 0 Å². The molecule has 0 heteroatoms. The molecule has 1 unspecified atom stereocenters. The van der Waals surface area contributed by atoms with Crippen LogP contribution in [-0.4, -0.2) is 0 Å². The Hall–Kier alpha value is -0.260. The standard InChI is InChI=1S/C7H12/c1-6-4-3-5-7(6)2/h3-4,6-7H,5H2,1-2H3/t6-,7?/m0/s1. The average molecular weight is 96.2 g/mol. The first kappa shape index (κ1) is 4.89. The lowest BCUT2D eigenvalue weighted by Crippen LogP contribution is -1.96. The molecule has 1 aliphatic rings. The average Bonchev–Trinajstić information content (AvgIpc) is 1.91. The smallest absolute Gasteiger partial charge is 0.0233 e. The molecule has 2 atom stereocenters. The van der Waals surface area contributed by atoms with Gasteiger partial charge in [-0.25, -0.2) is 0 Å². The number of hydrogen-bond donors (Lipinski definition) is 0. The van der Waals surface area contributed by atoms with E-state index in [1.54, 1.807) is 0 Å². The van der Waals surface area contributed by atoms with Crippen LogP contribution in [0.1, 0.15) is 20.3 Å². The van der Waals surface area contributed by atoms with Crippen LogP contribution in [0, 0.1) is 11.8 Å². The summed E-state index contributed by atoms with van der Waals surface area (Å²) in [5, 5.41) is 0. The largest absolute Gasteiger partial charge is 0.0880 e. The van der Waals surface area contributed by atoms with E-state index in [0.29, 0.717) is 0 Å². The molecular weight excluding hydrogens is 84.1 g/mol. The van der Waals surface area contributed by atoms with Gasteiger partial charge in [-0.1, -0.05) is 26.0 Å². The summed E-state index contributed by atoms with van der Waals surface area (Å²) in [6.07, 6.45) is 5.86. The molecule has 0 saturated heterocycles. The van der Waals surface area contributed by atoms with Gasteiger partial charge in [-0.2, -0.15) is 0 Å². The van der Waals surface area contributed by atoms with E-state index in [0.717, 1.165) is 11.8 Å². The van der Waals surface area contributed by atoms with Crippen LogP contribution in [0.4, 0.5) is 0 Å². The summed E-state index contributed by atoms with van der Waals surface area (Å²) in [6.45, 7) is 4.57. The molecule has 0 bridgehead atoms. The minimum absolute atomic E-state index is 0.833. The van der Waals surface area contributed by atoms with Crippen molar-refractivity contribution in [2.75, 3.05) is 0 Å². The fourth-order valence-corrected chi connectivity index (χ4v) is 0.912. The Morgan fingerprint density at radius 2 is 2.14 bits per heavy atom. The Morgan fingerprint density at radius 1 is 1.43 bits per heavy atom. The summed E-state index contributed by atoms with van der Waals surface area (Å²) in [6, 6.07) is 0. The van der Waals surface area contributed by atoms with Crippen LogP contribution in [0.2, 0.25) is 0 Å². The van der Waals surface area contributed by atoms with E-state index in [4.69, 9.17) is 0 Å². The maximum atomic E-state index is 2.30. The minimum Gasteiger partial charge on any atom is -0.0880 e.